The lowest BCUT2D eigenvalue weighted by Gasteiger charge is -2.28. The van der Waals surface area contributed by atoms with E-state index in [0.29, 0.717) is 19.3 Å². The van der Waals surface area contributed by atoms with Crippen LogP contribution in [0.2, 0.25) is 0 Å². The number of hydrogen-bond donors (Lipinski definition) is 1. The van der Waals surface area contributed by atoms with Crippen LogP contribution in [0.1, 0.15) is 12.5 Å². The Morgan fingerprint density at radius 1 is 1.31 bits per heavy atom. The lowest BCUT2D eigenvalue weighted by atomic mass is 10.2. The van der Waals surface area contributed by atoms with Crippen molar-refractivity contribution in [2.75, 3.05) is 19.7 Å². The van der Waals surface area contributed by atoms with Crippen LogP contribution in [-0.4, -0.2) is 31.9 Å². The zero-order chi connectivity index (χ0) is 11.2. The molecule has 1 aromatic carbocycles. The number of rotatable bonds is 4. The topological polar surface area (TPSA) is 30.5 Å². The van der Waals surface area contributed by atoms with E-state index in [1.807, 2.05) is 18.2 Å². The molecule has 3 nitrogen and oxygen atoms in total. The fourth-order valence-corrected chi connectivity index (χ4v) is 1.85. The Morgan fingerprint density at radius 3 is 2.88 bits per heavy atom. The molecule has 88 valence electrons. The second-order valence-electron chi connectivity index (χ2n) is 4.23. The van der Waals surface area contributed by atoms with Crippen LogP contribution < -0.4 is 5.32 Å². The minimum absolute atomic E-state index is 0.187. The van der Waals surface area contributed by atoms with Crippen LogP contribution in [0.25, 0.3) is 0 Å². The van der Waals surface area contributed by atoms with Crippen molar-refractivity contribution in [3.63, 3.8) is 0 Å². The average molecular weight is 221 g/mol. The highest BCUT2D eigenvalue weighted by Gasteiger charge is 2.18. The van der Waals surface area contributed by atoms with Gasteiger partial charge in [0, 0.05) is 13.1 Å². The molecule has 0 aromatic heterocycles. The summed E-state index contributed by atoms with van der Waals surface area (Å²) in [4.78, 5) is 0. The second kappa shape index (κ2) is 5.99. The molecule has 2 rings (SSSR count). The van der Waals surface area contributed by atoms with Gasteiger partial charge in [-0.25, -0.2) is 0 Å². The largest absolute Gasteiger partial charge is 0.374 e. The van der Waals surface area contributed by atoms with E-state index in [0.717, 1.165) is 13.1 Å². The summed E-state index contributed by atoms with van der Waals surface area (Å²) in [5.74, 6) is 0. The summed E-state index contributed by atoms with van der Waals surface area (Å²) < 4.78 is 11.4. The summed E-state index contributed by atoms with van der Waals surface area (Å²) in [7, 11) is 0. The van der Waals surface area contributed by atoms with Crippen molar-refractivity contribution < 1.29 is 9.47 Å². The van der Waals surface area contributed by atoms with E-state index in [1.165, 1.54) is 5.56 Å². The number of hydrogen-bond acceptors (Lipinski definition) is 3. The summed E-state index contributed by atoms with van der Waals surface area (Å²) in [5, 5.41) is 3.33. The van der Waals surface area contributed by atoms with E-state index in [9.17, 15) is 0 Å². The molecule has 1 N–H and O–H groups in total. The Morgan fingerprint density at radius 2 is 2.12 bits per heavy atom. The van der Waals surface area contributed by atoms with Crippen LogP contribution in [0.4, 0.5) is 0 Å². The van der Waals surface area contributed by atoms with E-state index in [-0.39, 0.29) is 6.10 Å². The maximum atomic E-state index is 5.74. The first-order valence-electron chi connectivity index (χ1n) is 5.82. The van der Waals surface area contributed by atoms with Crippen LogP contribution in [0.15, 0.2) is 30.3 Å². The van der Waals surface area contributed by atoms with E-state index in [2.05, 4.69) is 24.4 Å². The van der Waals surface area contributed by atoms with Crippen molar-refractivity contribution in [1.29, 1.82) is 0 Å². The third-order valence-electron chi connectivity index (χ3n) is 2.64. The molecule has 3 heteroatoms. The molecule has 2 atom stereocenters. The standard InChI is InChI=1S/C13H19NO2/c1-11-7-14-8-13(16-11)10-15-9-12-5-3-2-4-6-12/h2-6,11,13-14H,7-10H2,1H3/t11-,13-/m0/s1. The first-order valence-corrected chi connectivity index (χ1v) is 5.82. The minimum Gasteiger partial charge on any atom is -0.374 e. The lowest BCUT2D eigenvalue weighted by Crippen LogP contribution is -2.45. The summed E-state index contributed by atoms with van der Waals surface area (Å²) in [5.41, 5.74) is 1.21. The van der Waals surface area contributed by atoms with Gasteiger partial charge in [-0.1, -0.05) is 30.3 Å². The van der Waals surface area contributed by atoms with Crippen LogP contribution >= 0.6 is 0 Å². The number of ether oxygens (including phenoxy) is 2. The highest BCUT2D eigenvalue weighted by Crippen LogP contribution is 2.06. The molecule has 16 heavy (non-hydrogen) atoms. The monoisotopic (exact) mass is 221 g/mol. The molecule has 0 aliphatic carbocycles. The molecule has 0 amide bonds. The van der Waals surface area contributed by atoms with Gasteiger partial charge in [-0.05, 0) is 12.5 Å². The molecule has 1 aliphatic rings. The first-order chi connectivity index (χ1) is 7.84. The first kappa shape index (κ1) is 11.6. The smallest absolute Gasteiger partial charge is 0.0936 e. The summed E-state index contributed by atoms with van der Waals surface area (Å²) in [6, 6.07) is 10.2. The normalized spacial score (nSPS) is 25.6. The Bertz CT molecular complexity index is 302. The molecule has 0 saturated carbocycles. The predicted molar refractivity (Wildman–Crippen MR) is 63.3 cm³/mol. The highest BCUT2D eigenvalue weighted by molar-refractivity contribution is 5.13. The van der Waals surface area contributed by atoms with Crippen molar-refractivity contribution in [1.82, 2.24) is 5.32 Å². The van der Waals surface area contributed by atoms with Gasteiger partial charge in [0.1, 0.15) is 0 Å². The number of nitrogens with one attached hydrogen (secondary N) is 1. The minimum atomic E-state index is 0.187. The Balaban J connectivity index is 1.68. The maximum absolute atomic E-state index is 5.74. The van der Waals surface area contributed by atoms with Gasteiger partial charge in [-0.15, -0.1) is 0 Å². The van der Waals surface area contributed by atoms with Crippen molar-refractivity contribution in [3.05, 3.63) is 35.9 Å². The molecule has 0 bridgehead atoms. The van der Waals surface area contributed by atoms with E-state index < -0.39 is 0 Å². The molecular weight excluding hydrogens is 202 g/mol. The third-order valence-corrected chi connectivity index (χ3v) is 2.64. The molecule has 1 heterocycles. The van der Waals surface area contributed by atoms with Gasteiger partial charge in [-0.2, -0.15) is 0 Å². The Hall–Kier alpha value is -0.900. The van der Waals surface area contributed by atoms with E-state index in [4.69, 9.17) is 9.47 Å². The maximum Gasteiger partial charge on any atom is 0.0936 e. The highest BCUT2D eigenvalue weighted by atomic mass is 16.5. The Labute approximate surface area is 96.8 Å². The van der Waals surface area contributed by atoms with Gasteiger partial charge in [0.2, 0.25) is 0 Å². The zero-order valence-electron chi connectivity index (χ0n) is 9.69. The molecule has 0 spiro atoms. The average Bonchev–Trinajstić information content (AvgIpc) is 2.30. The van der Waals surface area contributed by atoms with Gasteiger partial charge in [0.25, 0.3) is 0 Å². The molecule has 1 aromatic rings. The Kier molecular flexibility index (Phi) is 4.34. The van der Waals surface area contributed by atoms with Crippen LogP contribution in [-0.2, 0) is 16.1 Å². The fourth-order valence-electron chi connectivity index (χ4n) is 1.85. The quantitative estimate of drug-likeness (QED) is 0.837. The molecule has 1 aliphatic heterocycles. The van der Waals surface area contributed by atoms with E-state index >= 15 is 0 Å². The summed E-state index contributed by atoms with van der Waals surface area (Å²) >= 11 is 0. The van der Waals surface area contributed by atoms with Crippen molar-refractivity contribution in [3.8, 4) is 0 Å². The van der Waals surface area contributed by atoms with Gasteiger partial charge >= 0.3 is 0 Å². The van der Waals surface area contributed by atoms with Gasteiger partial charge in [-0.3, -0.25) is 0 Å². The number of benzene rings is 1. The SMILES string of the molecule is C[C@H]1CNC[C@@H](COCc2ccccc2)O1. The molecule has 0 radical (unpaired) electrons. The molecule has 1 saturated heterocycles. The third kappa shape index (κ3) is 3.59. The zero-order valence-corrected chi connectivity index (χ0v) is 9.69. The molecule has 0 unspecified atom stereocenters. The van der Waals surface area contributed by atoms with Crippen molar-refractivity contribution >= 4 is 0 Å². The second-order valence-corrected chi connectivity index (χ2v) is 4.23. The van der Waals surface area contributed by atoms with E-state index in [1.54, 1.807) is 0 Å². The van der Waals surface area contributed by atoms with Crippen LogP contribution in [0, 0.1) is 0 Å². The predicted octanol–water partition coefficient (Wildman–Crippen LogP) is 1.58. The van der Waals surface area contributed by atoms with Gasteiger partial charge in [0.15, 0.2) is 0 Å². The van der Waals surface area contributed by atoms with Crippen LogP contribution in [0.5, 0.6) is 0 Å². The lowest BCUT2D eigenvalue weighted by molar-refractivity contribution is -0.0716. The fraction of sp³-hybridized carbons (Fsp3) is 0.538. The van der Waals surface area contributed by atoms with Gasteiger partial charge in [0.05, 0.1) is 25.4 Å². The number of morpholine rings is 1. The summed E-state index contributed by atoms with van der Waals surface area (Å²) in [6.45, 7) is 5.23. The summed E-state index contributed by atoms with van der Waals surface area (Å²) in [6.07, 6.45) is 0.478. The van der Waals surface area contributed by atoms with Crippen molar-refractivity contribution in [2.24, 2.45) is 0 Å². The van der Waals surface area contributed by atoms with Crippen LogP contribution in [0.3, 0.4) is 0 Å². The van der Waals surface area contributed by atoms with Crippen molar-refractivity contribution in [2.45, 2.75) is 25.7 Å². The molecular formula is C13H19NO2. The molecule has 1 fully saturated rings. The van der Waals surface area contributed by atoms with Gasteiger partial charge < -0.3 is 14.8 Å².